The first-order valence-corrected chi connectivity index (χ1v) is 16.9. The molecule has 0 spiro atoms. The van der Waals surface area contributed by atoms with Crippen molar-refractivity contribution in [1.29, 1.82) is 0 Å². The van der Waals surface area contributed by atoms with Gasteiger partial charge in [-0.2, -0.15) is 0 Å². The highest BCUT2D eigenvalue weighted by molar-refractivity contribution is 6.24. The Balaban J connectivity index is 1.33. The van der Waals surface area contributed by atoms with Crippen LogP contribution in [0.1, 0.15) is 0 Å². The zero-order valence-corrected chi connectivity index (χ0v) is 27.6. The van der Waals surface area contributed by atoms with Crippen LogP contribution < -0.4 is 9.80 Å². The highest BCUT2D eigenvalue weighted by Gasteiger charge is 2.19. The lowest BCUT2D eigenvalue weighted by Gasteiger charge is -2.27. The first-order chi connectivity index (χ1) is 25.2. The van der Waals surface area contributed by atoms with Crippen LogP contribution in [-0.2, 0) is 0 Å². The van der Waals surface area contributed by atoms with E-state index < -0.39 is 0 Å². The van der Waals surface area contributed by atoms with Gasteiger partial charge in [-0.1, -0.05) is 84.9 Å². The molecule has 0 saturated carbocycles. The maximum atomic E-state index is 13.8. The highest BCUT2D eigenvalue weighted by Crippen LogP contribution is 2.43. The molecule has 0 fully saturated rings. The minimum Gasteiger partial charge on any atom is -0.310 e. The minimum atomic E-state index is -0.284. The van der Waals surface area contributed by atoms with E-state index in [0.717, 1.165) is 72.3 Å². The second-order valence-electron chi connectivity index (χ2n) is 12.4. The molecule has 0 aliphatic carbocycles. The van der Waals surface area contributed by atoms with Crippen LogP contribution in [0.25, 0.3) is 43.8 Å². The summed E-state index contributed by atoms with van der Waals surface area (Å²) in [6, 6.07) is 61.3. The number of fused-ring (bicyclic) bond motifs is 6. The first kappa shape index (κ1) is 30.2. The van der Waals surface area contributed by atoms with Crippen LogP contribution in [0.5, 0.6) is 0 Å². The summed E-state index contributed by atoms with van der Waals surface area (Å²) in [4.78, 5) is 14.8. The molecule has 0 amide bonds. The monoisotopic (exact) mass is 658 g/mol. The summed E-state index contributed by atoms with van der Waals surface area (Å²) >= 11 is 0. The molecule has 0 N–H and O–H groups in total. The Morgan fingerprint density at radius 1 is 0.373 bits per heavy atom. The van der Waals surface area contributed by atoms with E-state index in [0.29, 0.717) is 5.69 Å². The molecule has 0 aliphatic rings. The molecule has 0 radical (unpaired) electrons. The van der Waals surface area contributed by atoms with E-state index in [2.05, 4.69) is 143 Å². The summed E-state index contributed by atoms with van der Waals surface area (Å²) in [6.45, 7) is 0. The average molecular weight is 659 g/mol. The van der Waals surface area contributed by atoms with E-state index >= 15 is 0 Å². The molecule has 0 saturated heterocycles. The number of halogens is 1. The molecule has 0 bridgehead atoms. The molecule has 9 aromatic rings. The maximum absolute atomic E-state index is 13.8. The third-order valence-corrected chi connectivity index (χ3v) is 9.29. The van der Waals surface area contributed by atoms with Crippen molar-refractivity contribution in [3.8, 4) is 11.3 Å². The fourth-order valence-corrected chi connectivity index (χ4v) is 6.94. The van der Waals surface area contributed by atoms with Crippen LogP contribution in [0.3, 0.4) is 0 Å². The molecule has 8 aromatic carbocycles. The first-order valence-electron chi connectivity index (χ1n) is 16.9. The van der Waals surface area contributed by atoms with Gasteiger partial charge in [0, 0.05) is 50.5 Å². The number of aromatic nitrogens is 2. The van der Waals surface area contributed by atoms with Crippen molar-refractivity contribution < 1.29 is 4.39 Å². The normalized spacial score (nSPS) is 11.2. The van der Waals surface area contributed by atoms with Gasteiger partial charge in [0.25, 0.3) is 0 Å². The molecule has 1 aromatic heterocycles. The van der Waals surface area contributed by atoms with Crippen molar-refractivity contribution in [1.82, 2.24) is 9.97 Å². The van der Waals surface area contributed by atoms with Crippen molar-refractivity contribution >= 4 is 66.7 Å². The summed E-state index contributed by atoms with van der Waals surface area (Å²) in [5.41, 5.74) is 9.43. The highest BCUT2D eigenvalue weighted by atomic mass is 19.1. The van der Waals surface area contributed by atoms with Crippen LogP contribution in [0.4, 0.5) is 38.5 Å². The Bertz CT molecular complexity index is 2550. The molecule has 4 nitrogen and oxygen atoms in total. The van der Waals surface area contributed by atoms with Gasteiger partial charge < -0.3 is 9.80 Å². The fourth-order valence-electron chi connectivity index (χ4n) is 6.94. The standard InChI is InChI=1S/C46H31FN4/c47-33-23-21-32(22-24-33)44-31-48-45-40-27-25-38(50(34-13-5-1-6-14-34)35-15-7-2-8-16-35)29-42(40)43-30-39(26-28-41(43)46(45)49-44)51(36-17-9-3-10-18-36)37-19-11-4-12-20-37/h1-31H. The van der Waals surface area contributed by atoms with Gasteiger partial charge in [-0.05, 0) is 108 Å². The lowest BCUT2D eigenvalue weighted by Crippen LogP contribution is -2.10. The Hall–Kier alpha value is -6.85. The summed E-state index contributed by atoms with van der Waals surface area (Å²) in [7, 11) is 0. The Labute approximate surface area is 295 Å². The quantitative estimate of drug-likeness (QED) is 0.160. The van der Waals surface area contributed by atoms with Crippen LogP contribution in [0.2, 0.25) is 0 Å². The van der Waals surface area contributed by atoms with E-state index in [4.69, 9.17) is 9.97 Å². The average Bonchev–Trinajstić information content (AvgIpc) is 3.20. The number of rotatable bonds is 7. The zero-order valence-electron chi connectivity index (χ0n) is 27.6. The third-order valence-electron chi connectivity index (χ3n) is 9.29. The Morgan fingerprint density at radius 3 is 1.22 bits per heavy atom. The summed E-state index contributed by atoms with van der Waals surface area (Å²) < 4.78 is 13.8. The van der Waals surface area contributed by atoms with Gasteiger partial charge in [-0.3, -0.25) is 4.98 Å². The summed E-state index contributed by atoms with van der Waals surface area (Å²) in [5.74, 6) is -0.284. The smallest absolute Gasteiger partial charge is 0.123 e. The number of hydrogen-bond acceptors (Lipinski definition) is 4. The molecular formula is C46H31FN4. The molecule has 51 heavy (non-hydrogen) atoms. The lowest BCUT2D eigenvalue weighted by atomic mass is 9.97. The summed E-state index contributed by atoms with van der Waals surface area (Å²) in [5, 5.41) is 4.12. The predicted molar refractivity (Wildman–Crippen MR) is 209 cm³/mol. The van der Waals surface area contributed by atoms with Gasteiger partial charge >= 0.3 is 0 Å². The molecule has 9 rings (SSSR count). The number of anilines is 6. The van der Waals surface area contributed by atoms with E-state index in [1.165, 1.54) is 12.1 Å². The van der Waals surface area contributed by atoms with Crippen molar-refractivity contribution in [3.05, 3.63) is 194 Å². The third kappa shape index (κ3) is 5.61. The largest absolute Gasteiger partial charge is 0.310 e. The molecule has 5 heteroatoms. The second-order valence-corrected chi connectivity index (χ2v) is 12.4. The van der Waals surface area contributed by atoms with Crippen molar-refractivity contribution in [2.24, 2.45) is 0 Å². The van der Waals surface area contributed by atoms with E-state index in [1.807, 2.05) is 24.3 Å². The summed E-state index contributed by atoms with van der Waals surface area (Å²) in [6.07, 6.45) is 1.79. The number of nitrogens with zero attached hydrogens (tertiary/aromatic N) is 4. The van der Waals surface area contributed by atoms with Gasteiger partial charge in [-0.15, -0.1) is 0 Å². The van der Waals surface area contributed by atoms with Gasteiger partial charge in [0.1, 0.15) is 5.82 Å². The lowest BCUT2D eigenvalue weighted by molar-refractivity contribution is 0.628. The van der Waals surface area contributed by atoms with Crippen LogP contribution in [-0.4, -0.2) is 9.97 Å². The molecule has 1 heterocycles. The predicted octanol–water partition coefficient (Wildman–Crippen LogP) is 12.7. The van der Waals surface area contributed by atoms with Crippen LogP contribution in [0.15, 0.2) is 188 Å². The number of hydrogen-bond donors (Lipinski definition) is 0. The van der Waals surface area contributed by atoms with Gasteiger partial charge in [0.05, 0.1) is 22.9 Å². The van der Waals surface area contributed by atoms with Crippen molar-refractivity contribution in [2.75, 3.05) is 9.80 Å². The molecule has 0 aliphatic heterocycles. The van der Waals surface area contributed by atoms with Crippen molar-refractivity contribution in [3.63, 3.8) is 0 Å². The SMILES string of the molecule is Fc1ccc(-c2cnc3c4ccc(N(c5ccccc5)c5ccccc5)cc4c4cc(N(c5ccccc5)c5ccccc5)ccc4c3n2)cc1. The maximum Gasteiger partial charge on any atom is 0.123 e. The molecular weight excluding hydrogens is 628 g/mol. The minimum absolute atomic E-state index is 0.284. The van der Waals surface area contributed by atoms with Gasteiger partial charge in [0.2, 0.25) is 0 Å². The van der Waals surface area contributed by atoms with Gasteiger partial charge in [0.15, 0.2) is 0 Å². The van der Waals surface area contributed by atoms with E-state index in [9.17, 15) is 4.39 Å². The second kappa shape index (κ2) is 12.9. The van der Waals surface area contributed by atoms with Crippen LogP contribution in [0, 0.1) is 5.82 Å². The Kier molecular flexibility index (Phi) is 7.63. The van der Waals surface area contributed by atoms with Crippen molar-refractivity contribution in [2.45, 2.75) is 0 Å². The topological polar surface area (TPSA) is 32.3 Å². The van der Waals surface area contributed by atoms with E-state index in [-0.39, 0.29) is 5.82 Å². The molecule has 0 atom stereocenters. The zero-order chi connectivity index (χ0) is 34.1. The van der Waals surface area contributed by atoms with Crippen LogP contribution >= 0.6 is 0 Å². The number of benzene rings is 8. The van der Waals surface area contributed by atoms with Gasteiger partial charge in [-0.25, -0.2) is 9.37 Å². The van der Waals surface area contributed by atoms with E-state index in [1.54, 1.807) is 18.3 Å². The molecule has 242 valence electrons. The number of para-hydroxylation sites is 4. The molecule has 0 unspecified atom stereocenters. The Morgan fingerprint density at radius 2 is 0.784 bits per heavy atom. The fraction of sp³-hybridized carbons (Fsp3) is 0.